The summed E-state index contributed by atoms with van der Waals surface area (Å²) in [5.41, 5.74) is 0. The van der Waals surface area contributed by atoms with Crippen LogP contribution in [0.15, 0.2) is 12.4 Å². The van der Waals surface area contributed by atoms with Crippen LogP contribution in [-0.4, -0.2) is 21.9 Å². The quantitative estimate of drug-likeness (QED) is 0.861. The molecule has 92 valence electrons. The third kappa shape index (κ3) is 2.87. The van der Waals surface area contributed by atoms with E-state index >= 15 is 0 Å². The molecule has 1 N–H and O–H groups in total. The van der Waals surface area contributed by atoms with Crippen LogP contribution in [0.2, 0.25) is 0 Å². The predicted molar refractivity (Wildman–Crippen MR) is 75.1 cm³/mol. The first-order valence-corrected chi connectivity index (χ1v) is 6.92. The van der Waals surface area contributed by atoms with E-state index < -0.39 is 0 Å². The molecular weight excluding hydrogens is 254 g/mol. The summed E-state index contributed by atoms with van der Waals surface area (Å²) in [5, 5.41) is 4.50. The molecule has 17 heavy (non-hydrogen) atoms. The van der Waals surface area contributed by atoms with Crippen molar-refractivity contribution in [3.8, 4) is 0 Å². The summed E-state index contributed by atoms with van der Waals surface area (Å²) in [4.78, 5) is 10.8. The van der Waals surface area contributed by atoms with Gasteiger partial charge in [-0.1, -0.05) is 13.8 Å². The van der Waals surface area contributed by atoms with Crippen molar-refractivity contribution in [3.05, 3.63) is 17.3 Å². The zero-order valence-corrected chi connectivity index (χ0v) is 11.8. The molecule has 2 aromatic heterocycles. The van der Waals surface area contributed by atoms with Crippen LogP contribution >= 0.6 is 22.9 Å². The van der Waals surface area contributed by atoms with Gasteiger partial charge in [0, 0.05) is 11.4 Å². The Kier molecular flexibility index (Phi) is 3.84. The number of hydrogen-bond acceptors (Lipinski definition) is 4. The first-order valence-electron chi connectivity index (χ1n) is 5.67. The Labute approximate surface area is 110 Å². The zero-order valence-electron chi connectivity index (χ0n) is 10.2. The highest BCUT2D eigenvalue weighted by Gasteiger charge is 2.11. The van der Waals surface area contributed by atoms with E-state index in [9.17, 15) is 0 Å². The molecule has 0 amide bonds. The fourth-order valence-corrected chi connectivity index (χ4v) is 2.47. The second kappa shape index (κ2) is 5.19. The molecular formula is C12H16ClN3S. The van der Waals surface area contributed by atoms with E-state index in [4.69, 9.17) is 11.6 Å². The largest absolute Gasteiger partial charge is 0.368 e. The summed E-state index contributed by atoms with van der Waals surface area (Å²) in [6.07, 6.45) is 1.60. The number of fused-ring (bicyclic) bond motifs is 1. The number of hydrogen-bond donors (Lipinski definition) is 1. The van der Waals surface area contributed by atoms with Gasteiger partial charge in [-0.15, -0.1) is 22.9 Å². The summed E-state index contributed by atoms with van der Waals surface area (Å²) < 4.78 is 0. The lowest BCUT2D eigenvalue weighted by Gasteiger charge is -2.14. The minimum absolute atomic E-state index is 0.111. The van der Waals surface area contributed by atoms with Crippen LogP contribution in [0, 0.1) is 12.8 Å². The van der Waals surface area contributed by atoms with Gasteiger partial charge in [0.15, 0.2) is 0 Å². The maximum Gasteiger partial charge on any atom is 0.138 e. The van der Waals surface area contributed by atoms with Crippen molar-refractivity contribution in [2.45, 2.75) is 26.1 Å². The molecule has 0 spiro atoms. The van der Waals surface area contributed by atoms with E-state index in [1.165, 1.54) is 4.88 Å². The molecule has 3 nitrogen and oxygen atoms in total. The SMILES string of the molecule is Cc1cc2c(NCC(Cl)C(C)C)ncnc2s1. The number of anilines is 1. The predicted octanol–water partition coefficient (Wildman–Crippen LogP) is 3.68. The molecule has 0 bridgehead atoms. The number of thiophene rings is 1. The third-order valence-corrected chi connectivity index (χ3v) is 4.26. The molecule has 0 saturated heterocycles. The second-order valence-electron chi connectivity index (χ2n) is 4.44. The maximum atomic E-state index is 6.22. The minimum atomic E-state index is 0.111. The molecule has 0 aliphatic carbocycles. The number of aromatic nitrogens is 2. The third-order valence-electron chi connectivity index (χ3n) is 2.64. The Balaban J connectivity index is 2.18. The van der Waals surface area contributed by atoms with Crippen LogP contribution in [0.25, 0.3) is 10.2 Å². The number of nitrogens with zero attached hydrogens (tertiary/aromatic N) is 2. The van der Waals surface area contributed by atoms with Crippen LogP contribution in [-0.2, 0) is 0 Å². The van der Waals surface area contributed by atoms with Crippen molar-refractivity contribution >= 4 is 39.0 Å². The first-order chi connectivity index (χ1) is 8.08. The van der Waals surface area contributed by atoms with Crippen LogP contribution < -0.4 is 5.32 Å². The Morgan fingerprint density at radius 1 is 1.41 bits per heavy atom. The van der Waals surface area contributed by atoms with E-state index in [2.05, 4.69) is 42.1 Å². The molecule has 1 atom stereocenters. The second-order valence-corrected chi connectivity index (χ2v) is 6.23. The normalized spacial score (nSPS) is 13.2. The topological polar surface area (TPSA) is 37.8 Å². The summed E-state index contributed by atoms with van der Waals surface area (Å²) in [7, 11) is 0. The zero-order chi connectivity index (χ0) is 12.4. The Hall–Kier alpha value is -0.870. The average molecular weight is 270 g/mol. The van der Waals surface area contributed by atoms with E-state index in [0.717, 1.165) is 22.6 Å². The van der Waals surface area contributed by atoms with Gasteiger partial charge >= 0.3 is 0 Å². The van der Waals surface area contributed by atoms with Crippen molar-refractivity contribution in [3.63, 3.8) is 0 Å². The molecule has 2 aromatic rings. The standard InChI is InChI=1S/C12H16ClN3S/c1-7(2)10(13)5-14-11-9-4-8(3)17-12(9)16-6-15-11/h4,6-7,10H,5H2,1-3H3,(H,14,15,16). The van der Waals surface area contributed by atoms with Gasteiger partial charge < -0.3 is 5.32 Å². The number of halogens is 1. The molecule has 2 heterocycles. The number of nitrogens with one attached hydrogen (secondary N) is 1. The van der Waals surface area contributed by atoms with Gasteiger partial charge in [-0.3, -0.25) is 0 Å². The maximum absolute atomic E-state index is 6.22. The van der Waals surface area contributed by atoms with Crippen LogP contribution in [0.4, 0.5) is 5.82 Å². The molecule has 0 aliphatic rings. The molecule has 0 radical (unpaired) electrons. The number of aryl methyl sites for hydroxylation is 1. The van der Waals surface area contributed by atoms with Crippen LogP contribution in [0.1, 0.15) is 18.7 Å². The highest BCUT2D eigenvalue weighted by molar-refractivity contribution is 7.18. The molecule has 0 saturated carbocycles. The fourth-order valence-electron chi connectivity index (χ4n) is 1.55. The summed E-state index contributed by atoms with van der Waals surface area (Å²) in [6, 6.07) is 2.11. The highest BCUT2D eigenvalue weighted by atomic mass is 35.5. The summed E-state index contributed by atoms with van der Waals surface area (Å²) >= 11 is 7.90. The van der Waals surface area contributed by atoms with E-state index in [1.807, 2.05) is 0 Å². The van der Waals surface area contributed by atoms with Crippen LogP contribution in [0.5, 0.6) is 0 Å². The highest BCUT2D eigenvalue weighted by Crippen LogP contribution is 2.27. The molecule has 0 aromatic carbocycles. The average Bonchev–Trinajstić information content (AvgIpc) is 2.66. The van der Waals surface area contributed by atoms with Gasteiger partial charge in [0.05, 0.1) is 10.8 Å². The lowest BCUT2D eigenvalue weighted by atomic mass is 10.1. The van der Waals surface area contributed by atoms with Gasteiger partial charge in [0.1, 0.15) is 17.0 Å². The Morgan fingerprint density at radius 2 is 2.18 bits per heavy atom. The number of rotatable bonds is 4. The van der Waals surface area contributed by atoms with Crippen molar-refractivity contribution in [1.29, 1.82) is 0 Å². The van der Waals surface area contributed by atoms with Gasteiger partial charge in [0.25, 0.3) is 0 Å². The van der Waals surface area contributed by atoms with E-state index in [0.29, 0.717) is 5.92 Å². The van der Waals surface area contributed by atoms with E-state index in [1.54, 1.807) is 17.7 Å². The van der Waals surface area contributed by atoms with E-state index in [-0.39, 0.29) is 5.38 Å². The van der Waals surface area contributed by atoms with Crippen molar-refractivity contribution in [2.24, 2.45) is 5.92 Å². The van der Waals surface area contributed by atoms with Crippen LogP contribution in [0.3, 0.4) is 0 Å². The van der Waals surface area contributed by atoms with Gasteiger partial charge in [-0.25, -0.2) is 9.97 Å². The van der Waals surface area contributed by atoms with Gasteiger partial charge in [-0.05, 0) is 18.9 Å². The molecule has 1 unspecified atom stereocenters. The molecule has 0 aliphatic heterocycles. The first kappa shape index (κ1) is 12.6. The molecule has 0 fully saturated rings. The minimum Gasteiger partial charge on any atom is -0.368 e. The molecule has 2 rings (SSSR count). The lowest BCUT2D eigenvalue weighted by molar-refractivity contribution is 0.616. The Bertz CT molecular complexity index is 509. The number of alkyl halides is 1. The van der Waals surface area contributed by atoms with Crippen molar-refractivity contribution < 1.29 is 0 Å². The fraction of sp³-hybridized carbons (Fsp3) is 0.500. The molecule has 5 heteroatoms. The summed E-state index contributed by atoms with van der Waals surface area (Å²) in [6.45, 7) is 7.03. The smallest absolute Gasteiger partial charge is 0.138 e. The summed E-state index contributed by atoms with van der Waals surface area (Å²) in [5.74, 6) is 1.33. The monoisotopic (exact) mass is 269 g/mol. The van der Waals surface area contributed by atoms with Crippen molar-refractivity contribution in [2.75, 3.05) is 11.9 Å². The van der Waals surface area contributed by atoms with Crippen molar-refractivity contribution in [1.82, 2.24) is 9.97 Å². The Morgan fingerprint density at radius 3 is 2.88 bits per heavy atom. The van der Waals surface area contributed by atoms with Gasteiger partial charge in [0.2, 0.25) is 0 Å². The lowest BCUT2D eigenvalue weighted by Crippen LogP contribution is -2.20. The van der Waals surface area contributed by atoms with Gasteiger partial charge in [-0.2, -0.15) is 0 Å².